The summed E-state index contributed by atoms with van der Waals surface area (Å²) in [6, 6.07) is 7.62. The fraction of sp³-hybridized carbons (Fsp3) is 0.739. The Morgan fingerprint density at radius 3 is 2.58 bits per heavy atom. The second-order valence-corrected chi connectivity index (χ2v) is 11.7. The fourth-order valence-corrected chi connectivity index (χ4v) is 6.10. The highest BCUT2D eigenvalue weighted by Crippen LogP contribution is 2.39. The summed E-state index contributed by atoms with van der Waals surface area (Å²) in [5.41, 5.74) is 1.21. The van der Waals surface area contributed by atoms with Gasteiger partial charge in [0.15, 0.2) is 0 Å². The van der Waals surface area contributed by atoms with Crippen molar-refractivity contribution in [3.8, 4) is 5.75 Å². The Kier molecular flexibility index (Phi) is 7.23. The normalized spacial score (nSPS) is 32.8. The number of hydrogen-bond acceptors (Lipinski definition) is 6. The maximum Gasteiger partial charge on any atom is 0.214 e. The molecule has 2 bridgehead atoms. The largest absolute Gasteiger partial charge is 0.489 e. The van der Waals surface area contributed by atoms with E-state index in [1.807, 2.05) is 23.1 Å². The van der Waals surface area contributed by atoms with Gasteiger partial charge in [-0.3, -0.25) is 4.90 Å². The van der Waals surface area contributed by atoms with Crippen LogP contribution in [0.4, 0.5) is 0 Å². The van der Waals surface area contributed by atoms with Crippen molar-refractivity contribution in [2.24, 2.45) is 0 Å². The van der Waals surface area contributed by atoms with Crippen LogP contribution in [0.25, 0.3) is 0 Å². The van der Waals surface area contributed by atoms with Crippen LogP contribution in [-0.4, -0.2) is 67.8 Å². The first-order valence-electron chi connectivity index (χ1n) is 11.6. The number of sulfonamides is 1. The molecule has 1 aromatic carbocycles. The van der Waals surface area contributed by atoms with Crippen molar-refractivity contribution in [3.05, 3.63) is 29.8 Å². The van der Waals surface area contributed by atoms with Crippen LogP contribution in [0.2, 0.25) is 0 Å². The molecule has 0 aromatic heterocycles. The molecule has 0 radical (unpaired) electrons. The van der Waals surface area contributed by atoms with Gasteiger partial charge in [-0.1, -0.05) is 18.2 Å². The lowest BCUT2D eigenvalue weighted by Gasteiger charge is -2.44. The minimum atomic E-state index is -3.42. The van der Waals surface area contributed by atoms with Crippen molar-refractivity contribution in [3.63, 3.8) is 0 Å². The van der Waals surface area contributed by atoms with Gasteiger partial charge < -0.3 is 14.6 Å². The van der Waals surface area contributed by atoms with Gasteiger partial charge in [-0.2, -0.15) is 0 Å². The SMILES string of the molecule is CC(C)S(=O)(=O)NC1CCCN2C(O)COc3ccccc3C3CCC(CC3)OC[C@@H]12. The number of ether oxygens (including phenoxy) is 2. The van der Waals surface area contributed by atoms with Crippen LogP contribution in [0.15, 0.2) is 24.3 Å². The van der Waals surface area contributed by atoms with Crippen molar-refractivity contribution in [1.82, 2.24) is 9.62 Å². The third-order valence-corrected chi connectivity index (χ3v) is 8.94. The predicted octanol–water partition coefficient (Wildman–Crippen LogP) is 2.60. The Labute approximate surface area is 186 Å². The van der Waals surface area contributed by atoms with Gasteiger partial charge in [0.25, 0.3) is 0 Å². The Morgan fingerprint density at radius 2 is 1.84 bits per heavy atom. The molecule has 1 aliphatic carbocycles. The van der Waals surface area contributed by atoms with E-state index in [0.717, 1.165) is 44.3 Å². The number of rotatable bonds is 3. The van der Waals surface area contributed by atoms with E-state index in [1.54, 1.807) is 13.8 Å². The summed E-state index contributed by atoms with van der Waals surface area (Å²) in [7, 11) is -3.42. The molecule has 8 heteroatoms. The van der Waals surface area contributed by atoms with Crippen LogP contribution in [0.3, 0.4) is 0 Å². The number of aliphatic hydroxyl groups is 1. The summed E-state index contributed by atoms with van der Waals surface area (Å²) >= 11 is 0. The Balaban J connectivity index is 1.59. The van der Waals surface area contributed by atoms with E-state index in [9.17, 15) is 13.5 Å². The van der Waals surface area contributed by atoms with Crippen molar-refractivity contribution in [1.29, 1.82) is 0 Å². The smallest absolute Gasteiger partial charge is 0.214 e. The maximum atomic E-state index is 12.6. The lowest BCUT2D eigenvalue weighted by molar-refractivity contribution is -0.0998. The van der Waals surface area contributed by atoms with Gasteiger partial charge in [-0.25, -0.2) is 13.1 Å². The van der Waals surface area contributed by atoms with E-state index >= 15 is 0 Å². The number of hydrogen-bond donors (Lipinski definition) is 2. The van der Waals surface area contributed by atoms with Gasteiger partial charge in [-0.15, -0.1) is 0 Å². The quantitative estimate of drug-likeness (QED) is 0.733. The number of para-hydroxylation sites is 1. The van der Waals surface area contributed by atoms with Crippen molar-refractivity contribution < 1.29 is 23.0 Å². The van der Waals surface area contributed by atoms with E-state index in [-0.39, 0.29) is 24.8 Å². The summed E-state index contributed by atoms with van der Waals surface area (Å²) in [4.78, 5) is 1.96. The molecule has 31 heavy (non-hydrogen) atoms. The molecule has 3 atom stereocenters. The Hall–Kier alpha value is -1.19. The van der Waals surface area contributed by atoms with Crippen molar-refractivity contribution >= 4 is 10.0 Å². The van der Waals surface area contributed by atoms with Gasteiger partial charge in [-0.05, 0) is 69.9 Å². The predicted molar refractivity (Wildman–Crippen MR) is 120 cm³/mol. The molecule has 3 aliphatic heterocycles. The topological polar surface area (TPSA) is 88.1 Å². The first kappa shape index (κ1) is 23.0. The monoisotopic (exact) mass is 452 g/mol. The van der Waals surface area contributed by atoms with Gasteiger partial charge >= 0.3 is 0 Å². The van der Waals surface area contributed by atoms with Crippen LogP contribution < -0.4 is 9.46 Å². The standard InChI is InChI=1S/C23H36N2O5S/c1-16(2)31(27,28)24-20-7-5-13-25-21(20)14-29-18-11-9-17(10-12-18)19-6-3-4-8-22(19)30-15-23(25)26/h3-4,6,8,16-18,20-21,23-24,26H,5,7,9-15H2,1-2H3/t17?,18?,20?,21-,23?/m0/s1. The number of nitrogens with zero attached hydrogens (tertiary/aromatic N) is 1. The average molecular weight is 453 g/mol. The third kappa shape index (κ3) is 5.25. The molecule has 0 amide bonds. The summed E-state index contributed by atoms with van der Waals surface area (Å²) in [5.74, 6) is 1.29. The maximum absolute atomic E-state index is 12.6. The number of aliphatic hydroxyl groups excluding tert-OH is 1. The molecule has 174 valence electrons. The van der Waals surface area contributed by atoms with Crippen LogP contribution in [-0.2, 0) is 14.8 Å². The molecule has 0 spiro atoms. The van der Waals surface area contributed by atoms with Crippen LogP contribution >= 0.6 is 0 Å². The van der Waals surface area contributed by atoms with Gasteiger partial charge in [0.2, 0.25) is 10.0 Å². The molecule has 1 saturated carbocycles. The lowest BCUT2D eigenvalue weighted by atomic mass is 9.82. The molecule has 4 aliphatic rings. The van der Waals surface area contributed by atoms with E-state index in [1.165, 1.54) is 5.56 Å². The van der Waals surface area contributed by atoms with Gasteiger partial charge in [0.1, 0.15) is 18.6 Å². The summed E-state index contributed by atoms with van der Waals surface area (Å²) in [6.45, 7) is 4.61. The minimum absolute atomic E-state index is 0.146. The molecule has 7 nitrogen and oxygen atoms in total. The molecule has 2 fully saturated rings. The molecule has 2 N–H and O–H groups in total. The molecule has 2 unspecified atom stereocenters. The second kappa shape index (κ2) is 9.75. The molecule has 1 saturated heterocycles. The molecule has 3 heterocycles. The molecular weight excluding hydrogens is 416 g/mol. The highest BCUT2D eigenvalue weighted by molar-refractivity contribution is 7.90. The van der Waals surface area contributed by atoms with Crippen LogP contribution in [0.5, 0.6) is 5.75 Å². The van der Waals surface area contributed by atoms with Crippen LogP contribution in [0.1, 0.15) is 63.9 Å². The summed E-state index contributed by atoms with van der Waals surface area (Å²) in [5, 5.41) is 10.5. The second-order valence-electron chi connectivity index (χ2n) is 9.40. The number of piperidine rings is 1. The molecule has 1 aromatic rings. The Morgan fingerprint density at radius 1 is 1.10 bits per heavy atom. The van der Waals surface area contributed by atoms with Crippen LogP contribution in [0, 0.1) is 0 Å². The van der Waals surface area contributed by atoms with Gasteiger partial charge in [0.05, 0.1) is 24.0 Å². The van der Waals surface area contributed by atoms with Crippen molar-refractivity contribution in [2.45, 2.75) is 88.0 Å². The molecule has 5 rings (SSSR count). The van der Waals surface area contributed by atoms with E-state index in [2.05, 4.69) is 10.8 Å². The average Bonchev–Trinajstić information content (AvgIpc) is 2.77. The minimum Gasteiger partial charge on any atom is -0.489 e. The highest BCUT2D eigenvalue weighted by Gasteiger charge is 2.39. The molecular formula is C23H36N2O5S. The van der Waals surface area contributed by atoms with Gasteiger partial charge in [0, 0.05) is 12.6 Å². The first-order chi connectivity index (χ1) is 14.8. The third-order valence-electron chi connectivity index (χ3n) is 7.06. The summed E-state index contributed by atoms with van der Waals surface area (Å²) < 4.78 is 40.5. The van der Waals surface area contributed by atoms with E-state index in [4.69, 9.17) is 9.47 Å². The zero-order chi connectivity index (χ0) is 22.0. The lowest BCUT2D eigenvalue weighted by Crippen LogP contribution is -2.61. The van der Waals surface area contributed by atoms with Crippen molar-refractivity contribution in [2.75, 3.05) is 19.8 Å². The zero-order valence-electron chi connectivity index (χ0n) is 18.6. The first-order valence-corrected chi connectivity index (χ1v) is 13.2. The summed E-state index contributed by atoms with van der Waals surface area (Å²) in [6.07, 6.45) is 4.95. The van der Waals surface area contributed by atoms with E-state index in [0.29, 0.717) is 19.1 Å². The number of fused-ring (bicyclic) bond motifs is 5. The van der Waals surface area contributed by atoms with E-state index < -0.39 is 21.5 Å². The number of benzene rings is 1. The zero-order valence-corrected chi connectivity index (χ0v) is 19.4. The Bertz CT molecular complexity index is 838. The number of nitrogens with one attached hydrogen (secondary N) is 1. The fourth-order valence-electron chi connectivity index (χ4n) is 5.13. The highest BCUT2D eigenvalue weighted by atomic mass is 32.2.